The van der Waals surface area contributed by atoms with Crippen LogP contribution in [0, 0.1) is 11.3 Å². The van der Waals surface area contributed by atoms with Crippen LogP contribution in [0.3, 0.4) is 0 Å². The summed E-state index contributed by atoms with van der Waals surface area (Å²) in [4.78, 5) is 16.2. The molecule has 0 aliphatic carbocycles. The first-order chi connectivity index (χ1) is 8.47. The van der Waals surface area contributed by atoms with Crippen molar-refractivity contribution in [2.24, 2.45) is 11.3 Å². The summed E-state index contributed by atoms with van der Waals surface area (Å²) in [6.45, 7) is 15.7. The van der Waals surface area contributed by atoms with Crippen molar-refractivity contribution < 1.29 is 4.79 Å². The molecule has 0 radical (unpaired) electrons. The lowest BCUT2D eigenvalue weighted by Crippen LogP contribution is -2.55. The summed E-state index contributed by atoms with van der Waals surface area (Å²) >= 11 is 0. The Bertz CT molecular complexity index is 258. The minimum atomic E-state index is 0.338. The number of hydrogen-bond donors (Lipinski definition) is 0. The van der Waals surface area contributed by atoms with Crippen LogP contribution in [-0.4, -0.2) is 48.4 Å². The molecule has 2 aliphatic heterocycles. The Balaban J connectivity index is 0.000000771. The highest BCUT2D eigenvalue weighted by Gasteiger charge is 2.36. The van der Waals surface area contributed by atoms with Crippen molar-refractivity contribution in [2.75, 3.05) is 32.7 Å². The number of carbonyl (C=O) groups is 1. The predicted molar refractivity (Wildman–Crippen MR) is 76.5 cm³/mol. The van der Waals surface area contributed by atoms with Gasteiger partial charge in [-0.2, -0.15) is 0 Å². The summed E-state index contributed by atoms with van der Waals surface area (Å²) in [5.41, 5.74) is 0.396. The molecule has 0 aromatic heterocycles. The Hall–Kier alpha value is -0.570. The normalized spacial score (nSPS) is 21.3. The van der Waals surface area contributed by atoms with E-state index in [0.717, 1.165) is 32.1 Å². The lowest BCUT2D eigenvalue weighted by molar-refractivity contribution is -0.133. The van der Waals surface area contributed by atoms with Crippen LogP contribution in [-0.2, 0) is 4.79 Å². The van der Waals surface area contributed by atoms with Gasteiger partial charge in [-0.3, -0.25) is 9.69 Å². The number of hydrogen-bond acceptors (Lipinski definition) is 2. The highest BCUT2D eigenvalue weighted by molar-refractivity contribution is 5.78. The van der Waals surface area contributed by atoms with Crippen LogP contribution in [0.5, 0.6) is 0 Å². The average Bonchev–Trinajstić information content (AvgIpc) is 2.77. The van der Waals surface area contributed by atoms with E-state index in [2.05, 4.69) is 25.7 Å². The maximum absolute atomic E-state index is 11.9. The van der Waals surface area contributed by atoms with Gasteiger partial charge in [-0.15, -0.1) is 0 Å². The van der Waals surface area contributed by atoms with E-state index in [1.165, 1.54) is 12.8 Å². The number of rotatable bonds is 2. The van der Waals surface area contributed by atoms with Crippen LogP contribution in [0.25, 0.3) is 0 Å². The molecule has 0 saturated carbocycles. The molecule has 3 heteroatoms. The van der Waals surface area contributed by atoms with Gasteiger partial charge in [0.05, 0.1) is 6.54 Å². The van der Waals surface area contributed by atoms with Gasteiger partial charge in [-0.1, -0.05) is 34.6 Å². The van der Waals surface area contributed by atoms with Gasteiger partial charge in [0.2, 0.25) is 5.91 Å². The fraction of sp³-hybridized carbons (Fsp3) is 0.933. The average molecular weight is 254 g/mol. The first-order valence-electron chi connectivity index (χ1n) is 7.47. The smallest absolute Gasteiger partial charge is 0.236 e. The van der Waals surface area contributed by atoms with Gasteiger partial charge in [-0.05, 0) is 24.2 Å². The van der Waals surface area contributed by atoms with Gasteiger partial charge >= 0.3 is 0 Å². The monoisotopic (exact) mass is 254 g/mol. The Morgan fingerprint density at radius 1 is 1.11 bits per heavy atom. The minimum absolute atomic E-state index is 0.338. The van der Waals surface area contributed by atoms with Gasteiger partial charge in [0.25, 0.3) is 0 Å². The van der Waals surface area contributed by atoms with Crippen LogP contribution in [0.15, 0.2) is 0 Å². The van der Waals surface area contributed by atoms with E-state index >= 15 is 0 Å². The summed E-state index contributed by atoms with van der Waals surface area (Å²) in [7, 11) is 0. The fourth-order valence-electron chi connectivity index (χ4n) is 2.50. The molecule has 3 nitrogen and oxygen atoms in total. The molecule has 18 heavy (non-hydrogen) atoms. The lowest BCUT2D eigenvalue weighted by atomic mass is 9.76. The third kappa shape index (κ3) is 3.98. The number of nitrogens with zero attached hydrogens (tertiary/aromatic N) is 2. The van der Waals surface area contributed by atoms with Gasteiger partial charge in [0.15, 0.2) is 0 Å². The number of carbonyl (C=O) groups excluding carboxylic acids is 1. The summed E-state index contributed by atoms with van der Waals surface area (Å²) in [6, 6.07) is 0. The van der Waals surface area contributed by atoms with E-state index in [4.69, 9.17) is 0 Å². The second kappa shape index (κ2) is 6.55. The van der Waals surface area contributed by atoms with E-state index in [-0.39, 0.29) is 0 Å². The van der Waals surface area contributed by atoms with Gasteiger partial charge in [-0.25, -0.2) is 0 Å². The maximum atomic E-state index is 11.9. The molecule has 0 atom stereocenters. The zero-order valence-electron chi connectivity index (χ0n) is 12.8. The summed E-state index contributed by atoms with van der Waals surface area (Å²) in [6.07, 6.45) is 2.38. The van der Waals surface area contributed by atoms with Crippen molar-refractivity contribution >= 4 is 5.91 Å². The molecule has 2 rings (SSSR count). The third-order valence-electron chi connectivity index (χ3n) is 4.00. The van der Waals surface area contributed by atoms with Gasteiger partial charge in [0.1, 0.15) is 0 Å². The van der Waals surface area contributed by atoms with Gasteiger partial charge in [0, 0.05) is 26.2 Å². The van der Waals surface area contributed by atoms with E-state index in [9.17, 15) is 4.79 Å². The molecule has 2 aliphatic rings. The molecule has 0 aromatic rings. The quantitative estimate of drug-likeness (QED) is 0.756. The van der Waals surface area contributed by atoms with Crippen molar-refractivity contribution in [2.45, 2.75) is 47.5 Å². The molecular formula is C15H30N2O. The van der Waals surface area contributed by atoms with Gasteiger partial charge < -0.3 is 4.90 Å². The Labute approximate surface area is 113 Å². The van der Waals surface area contributed by atoms with Crippen LogP contribution in [0.4, 0.5) is 0 Å². The molecule has 0 bridgehead atoms. The predicted octanol–water partition coefficient (Wildman–Crippen LogP) is 2.61. The molecule has 2 heterocycles. The van der Waals surface area contributed by atoms with E-state index < -0.39 is 0 Å². The summed E-state index contributed by atoms with van der Waals surface area (Å²) < 4.78 is 0. The van der Waals surface area contributed by atoms with Crippen molar-refractivity contribution in [1.29, 1.82) is 0 Å². The molecule has 0 aromatic carbocycles. The SMILES string of the molecule is CC.CC(C)(C)C1CN(CC(=O)N2CCCC2)C1. The highest BCUT2D eigenvalue weighted by Crippen LogP contribution is 2.33. The Morgan fingerprint density at radius 3 is 2.06 bits per heavy atom. The molecule has 0 N–H and O–H groups in total. The van der Waals surface area contributed by atoms with Crippen LogP contribution in [0.1, 0.15) is 47.5 Å². The first kappa shape index (κ1) is 15.5. The van der Waals surface area contributed by atoms with Crippen LogP contribution in [0.2, 0.25) is 0 Å². The number of amides is 1. The fourth-order valence-corrected chi connectivity index (χ4v) is 2.50. The van der Waals surface area contributed by atoms with Crippen molar-refractivity contribution in [3.63, 3.8) is 0 Å². The molecule has 2 saturated heterocycles. The van der Waals surface area contributed by atoms with Crippen LogP contribution >= 0.6 is 0 Å². The van der Waals surface area contributed by atoms with E-state index in [1.54, 1.807) is 0 Å². The zero-order valence-corrected chi connectivity index (χ0v) is 12.8. The zero-order chi connectivity index (χ0) is 13.8. The third-order valence-corrected chi connectivity index (χ3v) is 4.00. The van der Waals surface area contributed by atoms with Crippen LogP contribution < -0.4 is 0 Å². The van der Waals surface area contributed by atoms with E-state index in [0.29, 0.717) is 17.9 Å². The van der Waals surface area contributed by atoms with Crippen molar-refractivity contribution in [3.8, 4) is 0 Å². The van der Waals surface area contributed by atoms with E-state index in [1.807, 2.05) is 18.7 Å². The summed E-state index contributed by atoms with van der Waals surface area (Å²) in [5, 5.41) is 0. The molecule has 0 spiro atoms. The van der Waals surface area contributed by atoms with Crippen molar-refractivity contribution in [1.82, 2.24) is 9.80 Å². The lowest BCUT2D eigenvalue weighted by Gasteiger charge is -2.46. The second-order valence-electron chi connectivity index (χ2n) is 6.34. The number of likely N-dealkylation sites (tertiary alicyclic amines) is 2. The second-order valence-corrected chi connectivity index (χ2v) is 6.34. The molecule has 0 unspecified atom stereocenters. The molecule has 106 valence electrons. The molecule has 2 fully saturated rings. The van der Waals surface area contributed by atoms with Crippen molar-refractivity contribution in [3.05, 3.63) is 0 Å². The molecule has 1 amide bonds. The Morgan fingerprint density at radius 2 is 1.61 bits per heavy atom. The standard InChI is InChI=1S/C13H24N2O.C2H6/c1-13(2,3)11-8-14(9-11)10-12(16)15-6-4-5-7-15;1-2/h11H,4-10H2,1-3H3;1-2H3. The highest BCUT2D eigenvalue weighted by atomic mass is 16.2. The Kier molecular flexibility index (Phi) is 5.64. The molecular weight excluding hydrogens is 224 g/mol. The topological polar surface area (TPSA) is 23.6 Å². The summed E-state index contributed by atoms with van der Waals surface area (Å²) in [5.74, 6) is 1.10. The first-order valence-corrected chi connectivity index (χ1v) is 7.47. The maximum Gasteiger partial charge on any atom is 0.236 e. The minimum Gasteiger partial charge on any atom is -0.342 e. The largest absolute Gasteiger partial charge is 0.342 e.